The highest BCUT2D eigenvalue weighted by molar-refractivity contribution is 9.10. The molecule has 84 valence electrons. The fourth-order valence-electron chi connectivity index (χ4n) is 1.12. The zero-order valence-electron chi connectivity index (χ0n) is 8.11. The molecule has 0 unspecified atom stereocenters. The highest BCUT2D eigenvalue weighted by atomic mass is 79.9. The third-order valence-electron chi connectivity index (χ3n) is 1.69. The normalized spacial score (nSPS) is 9.31. The van der Waals surface area contributed by atoms with E-state index in [0.29, 0.717) is 0 Å². The van der Waals surface area contributed by atoms with Crippen LogP contribution < -0.4 is 11.3 Å². The van der Waals surface area contributed by atoms with Gasteiger partial charge in [0.15, 0.2) is 0 Å². The van der Waals surface area contributed by atoms with Crippen molar-refractivity contribution in [2.75, 3.05) is 0 Å². The van der Waals surface area contributed by atoms with Crippen LogP contribution in [0, 0.1) is 0 Å². The second kappa shape index (κ2) is 5.32. The van der Waals surface area contributed by atoms with Gasteiger partial charge in [0.1, 0.15) is 0 Å². The van der Waals surface area contributed by atoms with Crippen molar-refractivity contribution in [2.24, 2.45) is 5.73 Å². The molecule has 1 aromatic heterocycles. The Morgan fingerprint density at radius 2 is 1.88 bits per heavy atom. The number of primary amides is 1. The molecule has 2 aromatic rings. The van der Waals surface area contributed by atoms with Crippen molar-refractivity contribution in [3.8, 4) is 0 Å². The van der Waals surface area contributed by atoms with Crippen molar-refractivity contribution in [1.29, 1.82) is 0 Å². The van der Waals surface area contributed by atoms with E-state index in [2.05, 4.69) is 26.6 Å². The summed E-state index contributed by atoms with van der Waals surface area (Å²) in [4.78, 5) is 22.4. The molecule has 0 aliphatic rings. The molecular formula is C10H9BrN2O3. The number of nitrogens with two attached hydrogens (primary N) is 1. The molecule has 1 heterocycles. The number of amides is 1. The molecule has 5 nitrogen and oxygen atoms in total. The van der Waals surface area contributed by atoms with Crippen LogP contribution in [-0.2, 0) is 0 Å². The van der Waals surface area contributed by atoms with Crippen molar-refractivity contribution in [2.45, 2.75) is 0 Å². The number of hydrogen-bond acceptors (Lipinski definition) is 2. The van der Waals surface area contributed by atoms with Gasteiger partial charge in [-0.1, -0.05) is 22.0 Å². The van der Waals surface area contributed by atoms with Gasteiger partial charge in [-0.25, -0.2) is 4.79 Å². The summed E-state index contributed by atoms with van der Waals surface area (Å²) in [6.45, 7) is 0. The van der Waals surface area contributed by atoms with E-state index in [1.54, 1.807) is 6.07 Å². The van der Waals surface area contributed by atoms with E-state index >= 15 is 0 Å². The van der Waals surface area contributed by atoms with Crippen LogP contribution in [0.4, 0.5) is 4.79 Å². The number of rotatable bonds is 0. The Kier molecular flexibility index (Phi) is 4.07. The SMILES string of the molecule is NC(=O)O.O=c1ccc2ccc(Br)cc2[nH]1. The molecule has 4 N–H and O–H groups in total. The molecule has 1 aromatic carbocycles. The molecule has 2 rings (SSSR count). The van der Waals surface area contributed by atoms with Crippen molar-refractivity contribution >= 4 is 32.9 Å². The van der Waals surface area contributed by atoms with Crippen molar-refractivity contribution in [3.63, 3.8) is 0 Å². The molecule has 0 aliphatic carbocycles. The number of aromatic amines is 1. The van der Waals surface area contributed by atoms with Crippen molar-refractivity contribution in [3.05, 3.63) is 45.2 Å². The Bertz CT molecular complexity index is 561. The first-order valence-corrected chi connectivity index (χ1v) is 5.05. The van der Waals surface area contributed by atoms with Crippen molar-refractivity contribution in [1.82, 2.24) is 4.98 Å². The third kappa shape index (κ3) is 3.74. The fraction of sp³-hybridized carbons (Fsp3) is 0. The Morgan fingerprint density at radius 1 is 1.31 bits per heavy atom. The first-order valence-electron chi connectivity index (χ1n) is 4.26. The van der Waals surface area contributed by atoms with Crippen LogP contribution in [0.1, 0.15) is 0 Å². The number of H-pyrrole nitrogens is 1. The Labute approximate surface area is 99.0 Å². The lowest BCUT2D eigenvalue weighted by atomic mass is 10.2. The van der Waals surface area contributed by atoms with Gasteiger partial charge in [0.25, 0.3) is 0 Å². The van der Waals surface area contributed by atoms with Gasteiger partial charge in [-0.2, -0.15) is 0 Å². The van der Waals surface area contributed by atoms with Crippen LogP contribution in [0.25, 0.3) is 10.9 Å². The lowest BCUT2D eigenvalue weighted by Gasteiger charge is -1.96. The topological polar surface area (TPSA) is 96.2 Å². The number of carboxylic acid groups (broad SMARTS) is 1. The number of pyridine rings is 1. The van der Waals surface area contributed by atoms with Crippen LogP contribution in [0.2, 0.25) is 0 Å². The van der Waals surface area contributed by atoms with Crippen molar-refractivity contribution < 1.29 is 9.90 Å². The van der Waals surface area contributed by atoms with Crippen LogP contribution in [-0.4, -0.2) is 16.2 Å². The highest BCUT2D eigenvalue weighted by Gasteiger charge is 1.93. The highest BCUT2D eigenvalue weighted by Crippen LogP contribution is 2.15. The van der Waals surface area contributed by atoms with Gasteiger partial charge in [0.2, 0.25) is 5.56 Å². The molecule has 0 aliphatic heterocycles. The summed E-state index contributed by atoms with van der Waals surface area (Å²) in [5, 5.41) is 8.23. The lowest BCUT2D eigenvalue weighted by Crippen LogP contribution is -2.03. The molecule has 6 heteroatoms. The summed E-state index contributed by atoms with van der Waals surface area (Å²) in [6.07, 6.45) is -1.33. The van der Waals surface area contributed by atoms with Crippen LogP contribution in [0.5, 0.6) is 0 Å². The number of halogens is 1. The van der Waals surface area contributed by atoms with Gasteiger partial charge >= 0.3 is 6.09 Å². The van der Waals surface area contributed by atoms with Gasteiger partial charge in [-0.15, -0.1) is 0 Å². The molecule has 0 bridgehead atoms. The van der Waals surface area contributed by atoms with Gasteiger partial charge < -0.3 is 15.8 Å². The summed E-state index contributed by atoms with van der Waals surface area (Å²) >= 11 is 3.33. The van der Waals surface area contributed by atoms with E-state index in [1.165, 1.54) is 6.07 Å². The summed E-state index contributed by atoms with van der Waals surface area (Å²) in [6, 6.07) is 9.11. The number of hydrogen-bond donors (Lipinski definition) is 3. The van der Waals surface area contributed by atoms with Crippen LogP contribution in [0.3, 0.4) is 0 Å². The number of aromatic nitrogens is 1. The molecule has 0 atom stereocenters. The number of carbonyl (C=O) groups is 1. The molecule has 0 radical (unpaired) electrons. The predicted octanol–water partition coefficient (Wildman–Crippen LogP) is 1.91. The second-order valence-electron chi connectivity index (χ2n) is 2.89. The number of fused-ring (bicyclic) bond motifs is 1. The maximum Gasteiger partial charge on any atom is 0.402 e. The van der Waals surface area contributed by atoms with E-state index < -0.39 is 6.09 Å². The smallest absolute Gasteiger partial charge is 0.402 e. The summed E-state index contributed by atoms with van der Waals surface area (Å²) < 4.78 is 0.969. The zero-order valence-corrected chi connectivity index (χ0v) is 9.69. The maximum atomic E-state index is 10.9. The average Bonchev–Trinajstić information content (AvgIpc) is 2.15. The minimum Gasteiger partial charge on any atom is -0.465 e. The third-order valence-corrected chi connectivity index (χ3v) is 2.18. The first kappa shape index (κ1) is 12.3. The monoisotopic (exact) mass is 284 g/mol. The molecule has 1 amide bonds. The number of nitrogens with one attached hydrogen (secondary N) is 1. The summed E-state index contributed by atoms with van der Waals surface area (Å²) in [5.41, 5.74) is 4.82. The predicted molar refractivity (Wildman–Crippen MR) is 64.5 cm³/mol. The Hall–Kier alpha value is -1.82. The Morgan fingerprint density at radius 3 is 2.50 bits per heavy atom. The van der Waals surface area contributed by atoms with E-state index in [4.69, 9.17) is 9.90 Å². The largest absolute Gasteiger partial charge is 0.465 e. The summed E-state index contributed by atoms with van der Waals surface area (Å²) in [5.74, 6) is 0. The number of benzene rings is 1. The molecular weight excluding hydrogens is 276 g/mol. The molecule has 16 heavy (non-hydrogen) atoms. The lowest BCUT2D eigenvalue weighted by molar-refractivity contribution is 0.205. The minimum atomic E-state index is -1.33. The van der Waals surface area contributed by atoms with E-state index in [1.807, 2.05) is 18.2 Å². The molecule has 0 saturated heterocycles. The first-order chi connectivity index (χ1) is 7.49. The minimum absolute atomic E-state index is 0.0689. The van der Waals surface area contributed by atoms with Gasteiger partial charge in [-0.05, 0) is 23.6 Å². The van der Waals surface area contributed by atoms with E-state index in [9.17, 15) is 4.79 Å². The Balaban J connectivity index is 0.000000280. The van der Waals surface area contributed by atoms with Crippen LogP contribution in [0.15, 0.2) is 39.6 Å². The molecule has 0 saturated carbocycles. The zero-order chi connectivity index (χ0) is 12.1. The average molecular weight is 285 g/mol. The quantitative estimate of drug-likeness (QED) is 0.689. The molecule has 0 spiro atoms. The van der Waals surface area contributed by atoms with Gasteiger partial charge in [0.05, 0.1) is 0 Å². The van der Waals surface area contributed by atoms with E-state index in [-0.39, 0.29) is 5.56 Å². The maximum absolute atomic E-state index is 10.9. The van der Waals surface area contributed by atoms with Gasteiger partial charge in [0, 0.05) is 16.1 Å². The molecule has 0 fully saturated rings. The van der Waals surface area contributed by atoms with E-state index in [0.717, 1.165) is 15.4 Å². The summed E-state index contributed by atoms with van der Waals surface area (Å²) in [7, 11) is 0. The fourth-order valence-corrected chi connectivity index (χ4v) is 1.48. The van der Waals surface area contributed by atoms with Crippen LogP contribution >= 0.6 is 15.9 Å². The van der Waals surface area contributed by atoms with Gasteiger partial charge in [-0.3, -0.25) is 4.79 Å². The standard InChI is InChI=1S/C9H6BrNO.CH3NO2/c10-7-3-1-6-2-4-9(12)11-8(6)5-7;2-1(3)4/h1-5H,(H,11,12);2H2,(H,3,4). The second-order valence-corrected chi connectivity index (χ2v) is 3.81.